The van der Waals surface area contributed by atoms with Gasteiger partial charge in [-0.25, -0.2) is 4.98 Å². The molecular formula is C18H15ClN2. The van der Waals surface area contributed by atoms with Crippen LogP contribution in [0.5, 0.6) is 0 Å². The van der Waals surface area contributed by atoms with Crippen LogP contribution in [0.25, 0.3) is 10.9 Å². The van der Waals surface area contributed by atoms with Gasteiger partial charge in [0, 0.05) is 23.5 Å². The molecule has 2 aromatic carbocycles. The second kappa shape index (κ2) is 5.05. The van der Waals surface area contributed by atoms with Gasteiger partial charge in [-0.05, 0) is 35.7 Å². The molecule has 0 radical (unpaired) electrons. The maximum atomic E-state index is 6.14. The highest BCUT2D eigenvalue weighted by atomic mass is 35.5. The van der Waals surface area contributed by atoms with Gasteiger partial charge in [-0.1, -0.05) is 36.4 Å². The number of anilines is 2. The number of pyridine rings is 1. The fourth-order valence-corrected chi connectivity index (χ4v) is 3.28. The number of rotatable bonds is 2. The lowest BCUT2D eigenvalue weighted by Gasteiger charge is -2.20. The van der Waals surface area contributed by atoms with E-state index in [1.165, 1.54) is 11.3 Å². The van der Waals surface area contributed by atoms with Crippen molar-refractivity contribution in [1.29, 1.82) is 0 Å². The summed E-state index contributed by atoms with van der Waals surface area (Å²) in [6, 6.07) is 18.9. The minimum Gasteiger partial charge on any atom is -0.326 e. The van der Waals surface area contributed by atoms with Crippen molar-refractivity contribution in [3.63, 3.8) is 0 Å². The fourth-order valence-electron chi connectivity index (χ4n) is 3.06. The molecule has 0 saturated carbocycles. The molecule has 21 heavy (non-hydrogen) atoms. The molecule has 1 aromatic heterocycles. The molecule has 3 aromatic rings. The molecular weight excluding hydrogens is 280 g/mol. The minimum atomic E-state index is 0.505. The number of benzene rings is 2. The van der Waals surface area contributed by atoms with E-state index in [0.29, 0.717) is 5.88 Å². The number of halogens is 1. The monoisotopic (exact) mass is 294 g/mol. The molecule has 0 fully saturated rings. The molecule has 0 amide bonds. The standard InChI is InChI=1S/C18H15ClN2/c19-12-14-11-18(20-16-7-3-2-6-15(14)16)21-10-9-13-5-1-4-8-17(13)21/h1-8,11H,9-10,12H2. The van der Waals surface area contributed by atoms with Crippen molar-refractivity contribution in [1.82, 2.24) is 4.98 Å². The second-order valence-corrected chi connectivity index (χ2v) is 5.59. The van der Waals surface area contributed by atoms with E-state index in [4.69, 9.17) is 16.6 Å². The van der Waals surface area contributed by atoms with Gasteiger partial charge < -0.3 is 4.90 Å². The van der Waals surface area contributed by atoms with Crippen LogP contribution >= 0.6 is 11.6 Å². The Balaban J connectivity index is 1.88. The summed E-state index contributed by atoms with van der Waals surface area (Å²) in [5, 5.41) is 1.14. The summed E-state index contributed by atoms with van der Waals surface area (Å²) >= 11 is 6.14. The van der Waals surface area contributed by atoms with Crippen LogP contribution in [0.3, 0.4) is 0 Å². The highest BCUT2D eigenvalue weighted by Crippen LogP contribution is 2.35. The van der Waals surface area contributed by atoms with Gasteiger partial charge in [0.25, 0.3) is 0 Å². The minimum absolute atomic E-state index is 0.505. The first-order valence-electron chi connectivity index (χ1n) is 7.17. The average Bonchev–Trinajstić information content (AvgIpc) is 2.98. The van der Waals surface area contributed by atoms with Gasteiger partial charge >= 0.3 is 0 Å². The number of fused-ring (bicyclic) bond motifs is 2. The van der Waals surface area contributed by atoms with Crippen molar-refractivity contribution in [2.75, 3.05) is 11.4 Å². The van der Waals surface area contributed by atoms with Gasteiger partial charge in [0.1, 0.15) is 5.82 Å². The summed E-state index contributed by atoms with van der Waals surface area (Å²) in [4.78, 5) is 7.12. The lowest BCUT2D eigenvalue weighted by molar-refractivity contribution is 0.978. The van der Waals surface area contributed by atoms with Gasteiger partial charge in [0.15, 0.2) is 0 Å². The Morgan fingerprint density at radius 2 is 1.86 bits per heavy atom. The molecule has 2 nitrogen and oxygen atoms in total. The van der Waals surface area contributed by atoms with Gasteiger partial charge in [0.2, 0.25) is 0 Å². The number of aromatic nitrogens is 1. The van der Waals surface area contributed by atoms with Crippen LogP contribution in [0.2, 0.25) is 0 Å². The SMILES string of the molecule is ClCc1cc(N2CCc3ccccc32)nc2ccccc12. The van der Waals surface area contributed by atoms with E-state index >= 15 is 0 Å². The molecule has 0 atom stereocenters. The molecule has 104 valence electrons. The molecule has 0 N–H and O–H groups in total. The third kappa shape index (κ3) is 2.07. The maximum absolute atomic E-state index is 6.14. The first-order chi connectivity index (χ1) is 10.4. The van der Waals surface area contributed by atoms with E-state index in [0.717, 1.165) is 35.2 Å². The summed E-state index contributed by atoms with van der Waals surface area (Å²) < 4.78 is 0. The van der Waals surface area contributed by atoms with E-state index in [9.17, 15) is 0 Å². The van der Waals surface area contributed by atoms with Crippen LogP contribution in [0.4, 0.5) is 11.5 Å². The van der Waals surface area contributed by atoms with Crippen LogP contribution in [0.15, 0.2) is 54.6 Å². The van der Waals surface area contributed by atoms with E-state index < -0.39 is 0 Å². The highest BCUT2D eigenvalue weighted by Gasteiger charge is 2.21. The van der Waals surface area contributed by atoms with Gasteiger partial charge in [-0.3, -0.25) is 0 Å². The molecule has 2 heterocycles. The van der Waals surface area contributed by atoms with Crippen LogP contribution in [0, 0.1) is 0 Å². The molecule has 4 rings (SSSR count). The lowest BCUT2D eigenvalue weighted by atomic mass is 10.1. The van der Waals surface area contributed by atoms with Crippen LogP contribution in [0.1, 0.15) is 11.1 Å². The summed E-state index contributed by atoms with van der Waals surface area (Å²) in [5.74, 6) is 1.50. The van der Waals surface area contributed by atoms with Crippen LogP contribution < -0.4 is 4.90 Å². The van der Waals surface area contributed by atoms with E-state index in [2.05, 4.69) is 47.4 Å². The summed E-state index contributed by atoms with van der Waals surface area (Å²) in [6.45, 7) is 0.979. The first-order valence-corrected chi connectivity index (χ1v) is 7.70. The predicted octanol–water partition coefficient (Wildman–Crippen LogP) is 4.67. The fraction of sp³-hybridized carbons (Fsp3) is 0.167. The van der Waals surface area contributed by atoms with Crippen molar-refractivity contribution in [3.8, 4) is 0 Å². The maximum Gasteiger partial charge on any atom is 0.134 e. The molecule has 0 unspecified atom stereocenters. The Bertz CT molecular complexity index is 813. The second-order valence-electron chi connectivity index (χ2n) is 5.32. The Morgan fingerprint density at radius 1 is 1.05 bits per heavy atom. The largest absolute Gasteiger partial charge is 0.326 e. The number of para-hydroxylation sites is 2. The summed E-state index contributed by atoms with van der Waals surface area (Å²) in [7, 11) is 0. The lowest BCUT2D eigenvalue weighted by Crippen LogP contribution is -2.15. The summed E-state index contributed by atoms with van der Waals surface area (Å²) in [5.41, 5.74) is 4.80. The number of hydrogen-bond acceptors (Lipinski definition) is 2. The number of alkyl halides is 1. The van der Waals surface area contributed by atoms with Crippen molar-refractivity contribution in [2.24, 2.45) is 0 Å². The quantitative estimate of drug-likeness (QED) is 0.639. The molecule has 0 spiro atoms. The molecule has 1 aliphatic rings. The van der Waals surface area contributed by atoms with Crippen LogP contribution in [-0.4, -0.2) is 11.5 Å². The Kier molecular flexibility index (Phi) is 3.04. The zero-order valence-corrected chi connectivity index (χ0v) is 12.3. The van der Waals surface area contributed by atoms with Crippen molar-refractivity contribution in [3.05, 3.63) is 65.7 Å². The van der Waals surface area contributed by atoms with Crippen molar-refractivity contribution < 1.29 is 0 Å². The van der Waals surface area contributed by atoms with E-state index in [-0.39, 0.29) is 0 Å². The van der Waals surface area contributed by atoms with Gasteiger partial charge in [-0.2, -0.15) is 0 Å². The molecule has 0 bridgehead atoms. The zero-order valence-electron chi connectivity index (χ0n) is 11.6. The smallest absolute Gasteiger partial charge is 0.134 e. The van der Waals surface area contributed by atoms with Gasteiger partial charge in [-0.15, -0.1) is 11.6 Å². The predicted molar refractivity (Wildman–Crippen MR) is 88.5 cm³/mol. The zero-order chi connectivity index (χ0) is 14.2. The Morgan fingerprint density at radius 3 is 2.76 bits per heavy atom. The topological polar surface area (TPSA) is 16.1 Å². The normalized spacial score (nSPS) is 13.7. The van der Waals surface area contributed by atoms with E-state index in [1.54, 1.807) is 0 Å². The first kappa shape index (κ1) is 12.7. The van der Waals surface area contributed by atoms with Crippen LogP contribution in [-0.2, 0) is 12.3 Å². The molecule has 0 saturated heterocycles. The highest BCUT2D eigenvalue weighted by molar-refractivity contribution is 6.18. The number of hydrogen-bond donors (Lipinski definition) is 0. The third-order valence-electron chi connectivity index (χ3n) is 4.10. The average molecular weight is 295 g/mol. The van der Waals surface area contributed by atoms with E-state index in [1.807, 2.05) is 12.1 Å². The molecule has 1 aliphatic heterocycles. The Hall–Kier alpha value is -2.06. The molecule has 0 aliphatic carbocycles. The van der Waals surface area contributed by atoms with Crippen molar-refractivity contribution in [2.45, 2.75) is 12.3 Å². The summed E-state index contributed by atoms with van der Waals surface area (Å²) in [6.07, 6.45) is 1.07. The third-order valence-corrected chi connectivity index (χ3v) is 4.38. The number of nitrogens with zero attached hydrogens (tertiary/aromatic N) is 2. The Labute approximate surface area is 129 Å². The molecule has 3 heteroatoms. The van der Waals surface area contributed by atoms with Crippen molar-refractivity contribution >= 4 is 34.0 Å². The van der Waals surface area contributed by atoms with Gasteiger partial charge in [0.05, 0.1) is 5.52 Å².